The van der Waals surface area contributed by atoms with Crippen molar-refractivity contribution < 1.29 is 27.2 Å². The summed E-state index contributed by atoms with van der Waals surface area (Å²) in [4.78, 5) is 13.7. The van der Waals surface area contributed by atoms with Crippen molar-refractivity contribution in [1.82, 2.24) is 5.32 Å². The van der Waals surface area contributed by atoms with Gasteiger partial charge in [0.2, 0.25) is 0 Å². The smallest absolute Gasteiger partial charge is 0.252 e. The lowest BCUT2D eigenvalue weighted by Crippen LogP contribution is -2.68. The molecule has 1 unspecified atom stereocenters. The molecule has 1 heterocycles. The number of carbonyl (C=O) groups is 1. The molecule has 0 saturated carbocycles. The zero-order chi connectivity index (χ0) is 30.1. The van der Waals surface area contributed by atoms with Gasteiger partial charge in [0.15, 0.2) is 45.7 Å². The Labute approximate surface area is 245 Å². The first-order valence-electron chi connectivity index (χ1n) is 15.4. The van der Waals surface area contributed by atoms with E-state index in [0.29, 0.717) is 6.54 Å². The van der Waals surface area contributed by atoms with Crippen molar-refractivity contribution >= 4 is 39.2 Å². The van der Waals surface area contributed by atoms with Gasteiger partial charge >= 0.3 is 0 Å². The molecule has 5 atom stereocenters. The minimum absolute atomic E-state index is 0.138. The average molecular weight is 622 g/mol. The van der Waals surface area contributed by atoms with Crippen molar-refractivity contribution in [2.45, 2.75) is 168 Å². The summed E-state index contributed by atoms with van der Waals surface area (Å²) in [6.07, 6.45) is 6.89. The van der Waals surface area contributed by atoms with Gasteiger partial charge in [-0.1, -0.05) is 51.9 Å². The van der Waals surface area contributed by atoms with Crippen molar-refractivity contribution in [3.63, 3.8) is 0 Å². The van der Waals surface area contributed by atoms with Gasteiger partial charge in [0.1, 0.15) is 18.3 Å². The highest BCUT2D eigenvalue weighted by molar-refractivity contribution is 6.71. The molecule has 1 saturated heterocycles. The zero-order valence-corrected chi connectivity index (χ0v) is 31.7. The van der Waals surface area contributed by atoms with Crippen LogP contribution in [0.5, 0.6) is 0 Å². The van der Waals surface area contributed by atoms with Crippen LogP contribution in [0, 0.1) is 0 Å². The Morgan fingerprint density at radius 3 is 1.46 bits per heavy atom. The second-order valence-electron chi connectivity index (χ2n) is 15.0. The van der Waals surface area contributed by atoms with Crippen molar-refractivity contribution in [2.24, 2.45) is 0 Å². The number of nitrogens with one attached hydrogen (secondary N) is 1. The van der Waals surface area contributed by atoms with Crippen molar-refractivity contribution in [2.75, 3.05) is 6.54 Å². The van der Waals surface area contributed by atoms with E-state index in [4.69, 9.17) is 22.4 Å². The highest BCUT2D eigenvalue weighted by Gasteiger charge is 2.54. The molecule has 0 aromatic carbocycles. The van der Waals surface area contributed by atoms with E-state index in [0.717, 1.165) is 12.8 Å². The second-order valence-corrected chi connectivity index (χ2v) is 32.8. The number of carbonyl (C=O) groups excluding carboxylic acids is 1. The van der Waals surface area contributed by atoms with Crippen molar-refractivity contribution in [3.8, 4) is 0 Å². The molecule has 0 spiro atoms. The molecule has 0 aromatic rings. The zero-order valence-electron chi connectivity index (χ0n) is 27.7. The average Bonchev–Trinajstić information content (AvgIpc) is 2.72. The van der Waals surface area contributed by atoms with Gasteiger partial charge in [-0.15, -0.1) is 0 Å². The maximum absolute atomic E-state index is 13.7. The molecule has 1 aliphatic rings. The van der Waals surface area contributed by atoms with Crippen LogP contribution < -0.4 is 5.32 Å². The Hall–Kier alpha value is 0.138. The van der Waals surface area contributed by atoms with Crippen molar-refractivity contribution in [1.29, 1.82) is 0 Å². The summed E-state index contributed by atoms with van der Waals surface area (Å²) in [7, 11) is -8.16. The molecule has 0 radical (unpaired) electrons. The standard InChI is InChI=1S/C28H63NO6Si4/c1-14-15-16-17-18-19-20-21-22-29-27(30)25-23(32-36(2,3)4)24(33-37(5,6)7)26(34-38(8,9)10)28(31-25)35-39(11,12)13/h23-26,28H,14-22H2,1-13H3,(H,29,30)/t23-,24-,25-,26+,28?/m0/s1. The van der Waals surface area contributed by atoms with E-state index >= 15 is 0 Å². The Bertz CT molecular complexity index is 715. The minimum atomic E-state index is -2.07. The van der Waals surface area contributed by atoms with Gasteiger partial charge in [-0.3, -0.25) is 4.79 Å². The molecular weight excluding hydrogens is 559 g/mol. The highest BCUT2D eigenvalue weighted by atomic mass is 28.4. The van der Waals surface area contributed by atoms with Crippen LogP contribution in [0.1, 0.15) is 58.3 Å². The van der Waals surface area contributed by atoms with Gasteiger partial charge < -0.3 is 27.8 Å². The summed E-state index contributed by atoms with van der Waals surface area (Å²) < 4.78 is 33.4. The number of unbranched alkanes of at least 4 members (excludes halogenated alkanes) is 7. The number of hydrogen-bond acceptors (Lipinski definition) is 6. The molecule has 0 bridgehead atoms. The van der Waals surface area contributed by atoms with E-state index in [1.54, 1.807) is 0 Å². The van der Waals surface area contributed by atoms with Crippen LogP contribution in [0.4, 0.5) is 0 Å². The molecule has 0 aromatic heterocycles. The Kier molecular flexibility index (Phi) is 15.4. The number of amides is 1. The number of ether oxygens (including phenoxy) is 1. The normalized spacial score (nSPS) is 25.1. The summed E-state index contributed by atoms with van der Waals surface area (Å²) in [5.41, 5.74) is 0. The van der Waals surface area contributed by atoms with Crippen LogP contribution in [0.2, 0.25) is 78.6 Å². The monoisotopic (exact) mass is 621 g/mol. The van der Waals surface area contributed by atoms with Gasteiger partial charge in [-0.25, -0.2) is 0 Å². The van der Waals surface area contributed by atoms with E-state index in [2.05, 4.69) is 90.8 Å². The first-order chi connectivity index (χ1) is 17.7. The summed E-state index contributed by atoms with van der Waals surface area (Å²) in [5, 5.41) is 3.16. The predicted molar refractivity (Wildman–Crippen MR) is 173 cm³/mol. The fourth-order valence-corrected chi connectivity index (χ4v) is 8.76. The van der Waals surface area contributed by atoms with Gasteiger partial charge in [0.05, 0.1) is 0 Å². The van der Waals surface area contributed by atoms with Crippen LogP contribution >= 0.6 is 0 Å². The highest BCUT2D eigenvalue weighted by Crippen LogP contribution is 2.35. The fourth-order valence-electron chi connectivity index (χ4n) is 4.65. The van der Waals surface area contributed by atoms with E-state index in [9.17, 15) is 4.79 Å². The largest absolute Gasteiger partial charge is 0.409 e. The molecule has 39 heavy (non-hydrogen) atoms. The molecule has 0 aliphatic carbocycles. The maximum Gasteiger partial charge on any atom is 0.252 e. The van der Waals surface area contributed by atoms with Gasteiger partial charge in [-0.2, -0.15) is 0 Å². The van der Waals surface area contributed by atoms with Crippen LogP contribution in [0.25, 0.3) is 0 Å². The van der Waals surface area contributed by atoms with Gasteiger partial charge in [0.25, 0.3) is 5.91 Å². The molecular formula is C28H63NO6Si4. The topological polar surface area (TPSA) is 75.3 Å². The fraction of sp³-hybridized carbons (Fsp3) is 0.964. The predicted octanol–water partition coefficient (Wildman–Crippen LogP) is 7.48. The van der Waals surface area contributed by atoms with Crippen LogP contribution in [0.15, 0.2) is 0 Å². The second kappa shape index (κ2) is 16.1. The third kappa shape index (κ3) is 16.4. The van der Waals surface area contributed by atoms with Crippen LogP contribution in [-0.2, 0) is 27.2 Å². The first-order valence-corrected chi connectivity index (χ1v) is 29.0. The third-order valence-electron chi connectivity index (χ3n) is 6.02. The number of rotatable bonds is 18. The lowest BCUT2D eigenvalue weighted by molar-refractivity contribution is -0.258. The van der Waals surface area contributed by atoms with Gasteiger partial charge in [0, 0.05) is 6.54 Å². The quantitative estimate of drug-likeness (QED) is 0.126. The summed E-state index contributed by atoms with van der Waals surface area (Å²) in [6, 6.07) is 0. The van der Waals surface area contributed by atoms with Crippen molar-refractivity contribution in [3.05, 3.63) is 0 Å². The lowest BCUT2D eigenvalue weighted by atomic mass is 9.98. The van der Waals surface area contributed by atoms with E-state index in [1.807, 2.05) is 0 Å². The molecule has 7 nitrogen and oxygen atoms in total. The molecule has 1 fully saturated rings. The third-order valence-corrected chi connectivity index (χ3v) is 9.90. The first kappa shape index (κ1) is 37.2. The molecule has 1 aliphatic heterocycles. The van der Waals surface area contributed by atoms with E-state index in [1.165, 1.54) is 38.5 Å². The minimum Gasteiger partial charge on any atom is -0.409 e. The molecule has 232 valence electrons. The summed E-state index contributed by atoms with van der Waals surface area (Å²) in [6.45, 7) is 28.8. The van der Waals surface area contributed by atoms with E-state index in [-0.39, 0.29) is 5.91 Å². The molecule has 1 rings (SSSR count). The summed E-state index contributed by atoms with van der Waals surface area (Å²) in [5.74, 6) is -0.138. The molecule has 1 amide bonds. The Morgan fingerprint density at radius 1 is 0.590 bits per heavy atom. The Morgan fingerprint density at radius 2 is 1.00 bits per heavy atom. The van der Waals surface area contributed by atoms with E-state index < -0.39 is 64.0 Å². The Balaban J connectivity index is 3.17. The van der Waals surface area contributed by atoms with Crippen LogP contribution in [-0.4, -0.2) is 76.4 Å². The lowest BCUT2D eigenvalue weighted by Gasteiger charge is -2.51. The molecule has 11 heteroatoms. The number of hydrogen-bond donors (Lipinski definition) is 1. The van der Waals surface area contributed by atoms with Gasteiger partial charge in [-0.05, 0) is 85.0 Å². The van der Waals surface area contributed by atoms with Crippen LogP contribution in [0.3, 0.4) is 0 Å². The molecule has 1 N–H and O–H groups in total. The SMILES string of the molecule is CCCCCCCCCCNC(=O)[C@H]1OC(O[Si](C)(C)C)[C@H](O[Si](C)(C)C)[C@@H](O[Si](C)(C)C)[C@@H]1O[Si](C)(C)C. The summed E-state index contributed by atoms with van der Waals surface area (Å²) >= 11 is 0. The maximum atomic E-state index is 13.7.